The molecule has 0 amide bonds. The van der Waals surface area contributed by atoms with Gasteiger partial charge in [0.2, 0.25) is 0 Å². The van der Waals surface area contributed by atoms with Crippen molar-refractivity contribution in [3.63, 3.8) is 0 Å². The highest BCUT2D eigenvalue weighted by Crippen LogP contribution is 2.31. The summed E-state index contributed by atoms with van der Waals surface area (Å²) < 4.78 is 26.6. The molecule has 0 atom stereocenters. The summed E-state index contributed by atoms with van der Waals surface area (Å²) in [6.07, 6.45) is 0. The van der Waals surface area contributed by atoms with Gasteiger partial charge >= 0.3 is 0 Å². The van der Waals surface area contributed by atoms with Crippen molar-refractivity contribution >= 4 is 10.8 Å². The van der Waals surface area contributed by atoms with Gasteiger partial charge in [0.25, 0.3) is 0 Å². The van der Waals surface area contributed by atoms with Gasteiger partial charge in [0.05, 0.1) is 5.39 Å². The Morgan fingerprint density at radius 2 is 1.50 bits per heavy atom. The van der Waals surface area contributed by atoms with Gasteiger partial charge in [-0.05, 0) is 30.7 Å². The average molecular weight is 194 g/mol. The fraction of sp³-hybridized carbons (Fsp3) is 0.0909. The lowest BCUT2D eigenvalue weighted by Gasteiger charge is -2.06. The van der Waals surface area contributed by atoms with Crippen LogP contribution in [0.25, 0.3) is 10.8 Å². The van der Waals surface area contributed by atoms with Gasteiger partial charge in [-0.2, -0.15) is 0 Å². The topological polar surface area (TPSA) is 20.2 Å². The molecule has 3 heteroatoms. The van der Waals surface area contributed by atoms with E-state index >= 15 is 0 Å². The number of rotatable bonds is 0. The first-order valence-electron chi connectivity index (χ1n) is 4.17. The Morgan fingerprint density at radius 3 is 2.07 bits per heavy atom. The van der Waals surface area contributed by atoms with Crippen molar-refractivity contribution in [2.45, 2.75) is 6.92 Å². The number of hydrogen-bond donors (Lipinski definition) is 1. The first-order valence-corrected chi connectivity index (χ1v) is 4.17. The monoisotopic (exact) mass is 194 g/mol. The van der Waals surface area contributed by atoms with E-state index < -0.39 is 11.6 Å². The van der Waals surface area contributed by atoms with Crippen molar-refractivity contribution in [3.8, 4) is 5.75 Å². The van der Waals surface area contributed by atoms with Gasteiger partial charge in [-0.15, -0.1) is 0 Å². The molecule has 0 saturated carbocycles. The summed E-state index contributed by atoms with van der Waals surface area (Å²) in [6.45, 7) is 1.67. The zero-order chi connectivity index (χ0) is 10.3. The Hall–Kier alpha value is -1.64. The van der Waals surface area contributed by atoms with Gasteiger partial charge in [0.1, 0.15) is 17.4 Å². The second kappa shape index (κ2) is 2.94. The normalized spacial score (nSPS) is 10.8. The standard InChI is InChI=1S/C11H8F2O/c1-6-2-5-9(14)11-8(13)4-3-7(12)10(6)11/h2-5,14H,1H3. The van der Waals surface area contributed by atoms with Crippen LogP contribution in [0.2, 0.25) is 0 Å². The van der Waals surface area contributed by atoms with E-state index in [0.717, 1.165) is 12.1 Å². The molecule has 72 valence electrons. The number of aryl methyl sites for hydroxylation is 1. The first-order chi connectivity index (χ1) is 6.61. The molecule has 0 spiro atoms. The molecule has 14 heavy (non-hydrogen) atoms. The maximum atomic E-state index is 13.3. The van der Waals surface area contributed by atoms with Crippen LogP contribution < -0.4 is 0 Å². The molecule has 0 aliphatic carbocycles. The minimum Gasteiger partial charge on any atom is -0.507 e. The molecular formula is C11H8F2O. The molecule has 0 aromatic heterocycles. The minimum absolute atomic E-state index is 0.0509. The van der Waals surface area contributed by atoms with Crippen LogP contribution in [0.3, 0.4) is 0 Å². The molecule has 0 radical (unpaired) electrons. The predicted molar refractivity (Wildman–Crippen MR) is 50.3 cm³/mol. The Morgan fingerprint density at radius 1 is 0.929 bits per heavy atom. The molecule has 0 saturated heterocycles. The average Bonchev–Trinajstić information content (AvgIpc) is 2.16. The molecule has 2 aromatic carbocycles. The van der Waals surface area contributed by atoms with Gasteiger partial charge in [0.15, 0.2) is 0 Å². The third kappa shape index (κ3) is 1.13. The number of aromatic hydroxyl groups is 1. The summed E-state index contributed by atoms with van der Waals surface area (Å²) in [5.74, 6) is -1.36. The van der Waals surface area contributed by atoms with Gasteiger partial charge in [-0.25, -0.2) is 8.78 Å². The molecule has 2 aromatic rings. The number of benzene rings is 2. The Labute approximate surface area is 79.6 Å². The lowest BCUT2D eigenvalue weighted by Crippen LogP contribution is -1.88. The summed E-state index contributed by atoms with van der Waals surface area (Å²) in [5, 5.41) is 9.49. The highest BCUT2D eigenvalue weighted by molar-refractivity contribution is 5.91. The summed E-state index contributed by atoms with van der Waals surface area (Å²) in [6, 6.07) is 4.99. The fourth-order valence-electron chi connectivity index (χ4n) is 1.56. The van der Waals surface area contributed by atoms with Crippen LogP contribution in [-0.4, -0.2) is 5.11 Å². The third-order valence-electron chi connectivity index (χ3n) is 2.25. The Balaban J connectivity index is 3.05. The molecule has 0 fully saturated rings. The number of fused-ring (bicyclic) bond motifs is 1. The summed E-state index contributed by atoms with van der Waals surface area (Å²) in [5.41, 5.74) is 0.606. The number of hydrogen-bond acceptors (Lipinski definition) is 1. The fourth-order valence-corrected chi connectivity index (χ4v) is 1.56. The molecule has 0 aliphatic rings. The molecule has 1 nitrogen and oxygen atoms in total. The lowest BCUT2D eigenvalue weighted by molar-refractivity contribution is 0.478. The van der Waals surface area contributed by atoms with E-state index in [2.05, 4.69) is 0 Å². The highest BCUT2D eigenvalue weighted by atomic mass is 19.1. The SMILES string of the molecule is Cc1ccc(O)c2c(F)ccc(F)c12. The first kappa shape index (κ1) is 8.94. The molecule has 2 rings (SSSR count). The quantitative estimate of drug-likeness (QED) is 0.683. The minimum atomic E-state index is -0.609. The highest BCUT2D eigenvalue weighted by Gasteiger charge is 2.11. The van der Waals surface area contributed by atoms with Gasteiger partial charge in [-0.3, -0.25) is 0 Å². The van der Waals surface area contributed by atoms with E-state index in [-0.39, 0.29) is 16.5 Å². The van der Waals surface area contributed by atoms with Crippen LogP contribution in [0.15, 0.2) is 24.3 Å². The summed E-state index contributed by atoms with van der Waals surface area (Å²) in [7, 11) is 0. The molecule has 0 unspecified atom stereocenters. The number of halogens is 2. The van der Waals surface area contributed by atoms with E-state index in [1.54, 1.807) is 13.0 Å². The zero-order valence-electron chi connectivity index (χ0n) is 7.51. The van der Waals surface area contributed by atoms with Crippen LogP contribution in [-0.2, 0) is 0 Å². The van der Waals surface area contributed by atoms with Crippen molar-refractivity contribution in [2.75, 3.05) is 0 Å². The molecular weight excluding hydrogens is 186 g/mol. The van der Waals surface area contributed by atoms with Crippen LogP contribution in [0, 0.1) is 18.6 Å². The van der Waals surface area contributed by atoms with E-state index in [1.807, 2.05) is 0 Å². The van der Waals surface area contributed by atoms with Crippen molar-refractivity contribution in [2.24, 2.45) is 0 Å². The molecule has 1 N–H and O–H groups in total. The third-order valence-corrected chi connectivity index (χ3v) is 2.25. The van der Waals surface area contributed by atoms with E-state index in [0.29, 0.717) is 5.56 Å². The second-order valence-electron chi connectivity index (χ2n) is 3.18. The maximum absolute atomic E-state index is 13.3. The predicted octanol–water partition coefficient (Wildman–Crippen LogP) is 3.13. The van der Waals surface area contributed by atoms with Crippen LogP contribution >= 0.6 is 0 Å². The van der Waals surface area contributed by atoms with Crippen LogP contribution in [0.4, 0.5) is 8.78 Å². The molecule has 0 aliphatic heterocycles. The summed E-state index contributed by atoms with van der Waals surface area (Å²) >= 11 is 0. The smallest absolute Gasteiger partial charge is 0.134 e. The van der Waals surface area contributed by atoms with Gasteiger partial charge < -0.3 is 5.11 Å². The largest absolute Gasteiger partial charge is 0.507 e. The number of phenolic OH excluding ortho intramolecular Hbond substituents is 1. The van der Waals surface area contributed by atoms with E-state index in [1.165, 1.54) is 6.07 Å². The maximum Gasteiger partial charge on any atom is 0.134 e. The summed E-state index contributed by atoms with van der Waals surface area (Å²) in [4.78, 5) is 0. The molecule has 0 heterocycles. The van der Waals surface area contributed by atoms with Crippen molar-refractivity contribution in [3.05, 3.63) is 41.5 Å². The van der Waals surface area contributed by atoms with E-state index in [4.69, 9.17) is 0 Å². The Bertz CT molecular complexity index is 417. The second-order valence-corrected chi connectivity index (χ2v) is 3.18. The molecule has 0 bridgehead atoms. The van der Waals surface area contributed by atoms with Crippen molar-refractivity contribution < 1.29 is 13.9 Å². The van der Waals surface area contributed by atoms with Gasteiger partial charge in [0, 0.05) is 5.39 Å². The Kier molecular flexibility index (Phi) is 1.88. The lowest BCUT2D eigenvalue weighted by atomic mass is 10.0. The van der Waals surface area contributed by atoms with Crippen molar-refractivity contribution in [1.29, 1.82) is 0 Å². The van der Waals surface area contributed by atoms with Crippen LogP contribution in [0.1, 0.15) is 5.56 Å². The van der Waals surface area contributed by atoms with Crippen molar-refractivity contribution in [1.82, 2.24) is 0 Å². The van der Waals surface area contributed by atoms with E-state index in [9.17, 15) is 13.9 Å². The van der Waals surface area contributed by atoms with Gasteiger partial charge in [-0.1, -0.05) is 6.07 Å². The number of phenols is 1. The zero-order valence-corrected chi connectivity index (χ0v) is 7.51. The van der Waals surface area contributed by atoms with Crippen LogP contribution in [0.5, 0.6) is 5.75 Å².